The molecular weight excluding hydrogens is 424 g/mol. The van der Waals surface area contributed by atoms with E-state index < -0.39 is 31.8 Å². The van der Waals surface area contributed by atoms with Gasteiger partial charge in [-0.2, -0.15) is 0 Å². The summed E-state index contributed by atoms with van der Waals surface area (Å²) in [6.45, 7) is 10.9. The maximum atomic E-state index is 9.69. The van der Waals surface area contributed by atoms with E-state index in [2.05, 4.69) is 39.3 Å². The third-order valence-electron chi connectivity index (χ3n) is 6.68. The highest BCUT2D eigenvalue weighted by Crippen LogP contribution is 2.49. The molecule has 31 heavy (non-hydrogen) atoms. The molecule has 1 heterocycles. The fourth-order valence-corrected chi connectivity index (χ4v) is 6.95. The summed E-state index contributed by atoms with van der Waals surface area (Å²) in [6, 6.07) is 0. The normalized spacial score (nSPS) is 39.7. The number of hydrogen-bond acceptors (Lipinski definition) is 4. The van der Waals surface area contributed by atoms with Gasteiger partial charge in [-0.1, -0.05) is 12.8 Å². The van der Waals surface area contributed by atoms with Crippen molar-refractivity contribution in [1.29, 1.82) is 0 Å². The Morgan fingerprint density at radius 1 is 0.806 bits per heavy atom. The molecule has 4 radical (unpaired) electrons. The largest absolute Gasteiger partial charge is 0.391 e. The number of fused-ring (bicyclic) bond motifs is 1. The van der Waals surface area contributed by atoms with Crippen LogP contribution in [-0.2, 0) is 9.47 Å². The first-order valence-electron chi connectivity index (χ1n) is 11.6. The van der Waals surface area contributed by atoms with Crippen LogP contribution in [0.5, 0.6) is 0 Å². The Kier molecular flexibility index (Phi) is 9.38. The summed E-state index contributed by atoms with van der Waals surface area (Å²) < 4.78 is 11.9. The summed E-state index contributed by atoms with van der Waals surface area (Å²) in [4.78, 5) is 0. The summed E-state index contributed by atoms with van der Waals surface area (Å²) in [6.07, 6.45) is 13.5. The van der Waals surface area contributed by atoms with Gasteiger partial charge in [0.25, 0.3) is 0 Å². The van der Waals surface area contributed by atoms with Crippen molar-refractivity contribution >= 4 is 42.1 Å². The van der Waals surface area contributed by atoms with Crippen molar-refractivity contribution < 1.29 is 19.7 Å². The molecule has 2 aliphatic carbocycles. The first-order chi connectivity index (χ1) is 14.0. The average molecular weight is 468 g/mol. The number of ether oxygens (including phenoxy) is 2. The van der Waals surface area contributed by atoms with Gasteiger partial charge in [-0.05, 0) is 89.1 Å². The molecule has 3 rings (SSSR count). The molecule has 0 aromatic carbocycles. The van der Waals surface area contributed by atoms with Crippen molar-refractivity contribution in [3.8, 4) is 0 Å². The first-order valence-corrected chi connectivity index (χ1v) is 17.7. The second-order valence-electron chi connectivity index (χ2n) is 11.8. The number of aliphatic hydroxyl groups is 2. The van der Waals surface area contributed by atoms with Crippen LogP contribution in [0.4, 0.5) is 0 Å². The van der Waals surface area contributed by atoms with Gasteiger partial charge in [0.2, 0.25) is 0 Å². The lowest BCUT2D eigenvalue weighted by atomic mass is 9.83. The molecule has 0 aromatic heterocycles. The highest BCUT2D eigenvalue weighted by Gasteiger charge is 2.51. The van der Waals surface area contributed by atoms with E-state index in [1.807, 2.05) is 13.8 Å². The Morgan fingerprint density at radius 2 is 1.26 bits per heavy atom. The summed E-state index contributed by atoms with van der Waals surface area (Å²) in [5, 5.41) is 19.2. The Hall–Kier alpha value is 0.570. The fraction of sp³-hybridized carbons (Fsp3) is 0.913. The molecule has 0 spiro atoms. The second-order valence-corrected chi connectivity index (χ2v) is 20.4. The molecular formula is C23H44B2O4P2. The Morgan fingerprint density at radius 3 is 1.71 bits per heavy atom. The average Bonchev–Trinajstić information content (AvgIpc) is 3.16. The molecule has 8 atom stereocenters. The van der Waals surface area contributed by atoms with Gasteiger partial charge >= 0.3 is 0 Å². The van der Waals surface area contributed by atoms with Crippen LogP contribution in [-0.4, -0.2) is 108 Å². The van der Waals surface area contributed by atoms with Crippen LogP contribution in [0.2, 0.25) is 11.6 Å². The zero-order valence-electron chi connectivity index (χ0n) is 20.5. The summed E-state index contributed by atoms with van der Waals surface area (Å²) in [5.74, 6) is 0.152. The van der Waals surface area contributed by atoms with Crippen molar-refractivity contribution in [2.75, 3.05) is 39.0 Å². The molecule has 176 valence electrons. The zero-order chi connectivity index (χ0) is 23.8. The van der Waals surface area contributed by atoms with Gasteiger partial charge in [0, 0.05) is 0 Å². The van der Waals surface area contributed by atoms with Crippen molar-refractivity contribution in [2.45, 2.75) is 81.4 Å². The molecule has 1 aliphatic heterocycles. The predicted octanol–water partition coefficient (Wildman–Crippen LogP) is 3.37. The maximum Gasteiger partial charge on any atom is 0.163 e. The van der Waals surface area contributed by atoms with Gasteiger partial charge in [-0.25, -0.2) is 0 Å². The highest BCUT2D eigenvalue weighted by atomic mass is 31.2. The van der Waals surface area contributed by atoms with Crippen molar-refractivity contribution in [1.82, 2.24) is 0 Å². The molecule has 3 fully saturated rings. The summed E-state index contributed by atoms with van der Waals surface area (Å²) in [5.41, 5.74) is 0. The SMILES string of the molecule is [B][C@@H]1C[C@H](CCP(=C)(C)C)[C@@H](O)C1O.[B][C@@H]1C[C@H](CCP(=C)(C)C)[C@H]2OC(C)(C)OC12. The third kappa shape index (κ3) is 8.38. The van der Waals surface area contributed by atoms with Crippen LogP contribution in [0.15, 0.2) is 0 Å². The molecule has 3 aliphatic rings. The molecule has 2 saturated carbocycles. The van der Waals surface area contributed by atoms with E-state index in [9.17, 15) is 10.2 Å². The van der Waals surface area contributed by atoms with Crippen LogP contribution in [0.3, 0.4) is 0 Å². The minimum absolute atomic E-state index is 0.0984. The molecule has 1 saturated heterocycles. The lowest BCUT2D eigenvalue weighted by molar-refractivity contribution is -0.156. The number of aliphatic hydroxyl groups excluding tert-OH is 2. The van der Waals surface area contributed by atoms with Crippen molar-refractivity contribution in [2.24, 2.45) is 11.8 Å². The molecule has 2 N–H and O–H groups in total. The smallest absolute Gasteiger partial charge is 0.163 e. The van der Waals surface area contributed by atoms with Gasteiger partial charge in [-0.3, -0.25) is 0 Å². The minimum Gasteiger partial charge on any atom is -0.391 e. The van der Waals surface area contributed by atoms with Crippen molar-refractivity contribution in [3.05, 3.63) is 0 Å². The van der Waals surface area contributed by atoms with E-state index in [1.165, 1.54) is 12.6 Å². The topological polar surface area (TPSA) is 58.9 Å². The Balaban J connectivity index is 0.000000225. The van der Waals surface area contributed by atoms with Gasteiger partial charge < -0.3 is 19.7 Å². The molecule has 0 aromatic rings. The highest BCUT2D eigenvalue weighted by molar-refractivity contribution is 7.72. The van der Waals surface area contributed by atoms with E-state index in [4.69, 9.17) is 25.2 Å². The zero-order valence-corrected chi connectivity index (χ0v) is 22.3. The van der Waals surface area contributed by atoms with E-state index in [1.54, 1.807) is 0 Å². The Labute approximate surface area is 194 Å². The van der Waals surface area contributed by atoms with Gasteiger partial charge in [0.05, 0.1) is 40.1 Å². The van der Waals surface area contributed by atoms with Gasteiger partial charge in [0.15, 0.2) is 5.79 Å². The lowest BCUT2D eigenvalue weighted by Crippen LogP contribution is -2.27. The molecule has 0 amide bonds. The third-order valence-corrected chi connectivity index (χ3v) is 9.62. The molecule has 4 nitrogen and oxygen atoms in total. The van der Waals surface area contributed by atoms with Gasteiger partial charge in [0.1, 0.15) is 0 Å². The van der Waals surface area contributed by atoms with Crippen LogP contribution >= 0.6 is 13.8 Å². The summed E-state index contributed by atoms with van der Waals surface area (Å²) in [7, 11) is 11.8. The minimum atomic E-state index is -1.02. The predicted molar refractivity (Wildman–Crippen MR) is 142 cm³/mol. The quantitative estimate of drug-likeness (QED) is 0.464. The van der Waals surface area contributed by atoms with Crippen LogP contribution in [0, 0.1) is 11.8 Å². The van der Waals surface area contributed by atoms with E-state index in [0.29, 0.717) is 5.92 Å². The van der Waals surface area contributed by atoms with Gasteiger partial charge in [-0.15, -0.1) is 26.4 Å². The lowest BCUT2D eigenvalue weighted by Gasteiger charge is -2.24. The Bertz CT molecular complexity index is 689. The number of rotatable bonds is 6. The monoisotopic (exact) mass is 468 g/mol. The van der Waals surface area contributed by atoms with E-state index in [0.717, 1.165) is 25.4 Å². The standard InChI is InChI=1S/C13H24BO2P.C10H20BO2P/c1-13(2)15-11-9(6-7-17(3,4)5)8-10(14)12(11)16-13;1-14(2,3)5-4-7-6-8(11)10(13)9(7)12/h9-12H,3,6-8H2,1-2,4-5H3;7-10,12-13H,1,4-6H2,2-3H3/t9-,10+,11+,12?;7-,8+,9+,10?/m00/s1. The summed E-state index contributed by atoms with van der Waals surface area (Å²) >= 11 is 0. The molecule has 8 heteroatoms. The van der Waals surface area contributed by atoms with Crippen molar-refractivity contribution in [3.63, 3.8) is 0 Å². The van der Waals surface area contributed by atoms with E-state index >= 15 is 0 Å². The van der Waals surface area contributed by atoms with E-state index in [-0.39, 0.29) is 29.8 Å². The fourth-order valence-electron chi connectivity index (χ4n) is 4.89. The van der Waals surface area contributed by atoms with Crippen LogP contribution in [0.25, 0.3) is 0 Å². The molecule has 0 bridgehead atoms. The van der Waals surface area contributed by atoms with Crippen LogP contribution in [0.1, 0.15) is 39.5 Å². The maximum absolute atomic E-state index is 9.69. The first kappa shape index (κ1) is 27.8. The number of hydrogen-bond donors (Lipinski definition) is 2. The van der Waals surface area contributed by atoms with Crippen LogP contribution < -0.4 is 0 Å². The second kappa shape index (κ2) is 10.5. The molecule has 2 unspecified atom stereocenters.